The third kappa shape index (κ3) is 5.33. The Morgan fingerprint density at radius 3 is 2.78 bits per heavy atom. The minimum atomic E-state index is -4.69. The van der Waals surface area contributed by atoms with Gasteiger partial charge in [-0.3, -0.25) is 4.57 Å². The van der Waals surface area contributed by atoms with Crippen molar-refractivity contribution in [1.82, 2.24) is 14.9 Å². The van der Waals surface area contributed by atoms with Gasteiger partial charge in [0.15, 0.2) is 0 Å². The molecule has 0 saturated heterocycles. The van der Waals surface area contributed by atoms with Crippen LogP contribution in [-0.4, -0.2) is 40.0 Å². The summed E-state index contributed by atoms with van der Waals surface area (Å²) in [6, 6.07) is 6.01. The molecule has 0 aliphatic carbocycles. The number of ether oxygens (including phenoxy) is 2. The van der Waals surface area contributed by atoms with E-state index in [1.54, 1.807) is 16.7 Å². The third-order valence-corrected chi connectivity index (χ3v) is 3.98. The number of imidazole rings is 1. The van der Waals surface area contributed by atoms with Gasteiger partial charge in [0.25, 0.3) is 0 Å². The predicted octanol–water partition coefficient (Wildman–Crippen LogP) is 2.67. The minimum absolute atomic E-state index is 0.00568. The number of aromatic nitrogens is 2. The van der Waals surface area contributed by atoms with Gasteiger partial charge in [0, 0.05) is 11.5 Å². The van der Waals surface area contributed by atoms with Crippen LogP contribution in [0.2, 0.25) is 0 Å². The second-order valence-corrected chi connectivity index (χ2v) is 6.05. The van der Waals surface area contributed by atoms with Crippen LogP contribution >= 0.6 is 0 Å². The Morgan fingerprint density at radius 2 is 2.11 bits per heavy atom. The van der Waals surface area contributed by atoms with Crippen LogP contribution < -0.4 is 14.8 Å². The Labute approximate surface area is 152 Å². The van der Waals surface area contributed by atoms with Crippen LogP contribution in [0, 0.1) is 10.1 Å². The molecule has 0 unspecified atom stereocenters. The number of nitro groups is 1. The number of aryl methyl sites for hydroxylation is 1. The minimum Gasteiger partial charge on any atom is -0.444 e. The highest BCUT2D eigenvalue weighted by molar-refractivity contribution is 5.27. The summed E-state index contributed by atoms with van der Waals surface area (Å²) in [4.78, 5) is 13.9. The summed E-state index contributed by atoms with van der Waals surface area (Å²) in [7, 11) is 0. The zero-order valence-electron chi connectivity index (χ0n) is 14.1. The first kappa shape index (κ1) is 19.0. The predicted molar refractivity (Wildman–Crippen MR) is 87.6 cm³/mol. The zero-order chi connectivity index (χ0) is 19.4. The van der Waals surface area contributed by atoms with Gasteiger partial charge in [0.05, 0.1) is 6.04 Å². The summed E-state index contributed by atoms with van der Waals surface area (Å²) < 4.78 is 47.2. The summed E-state index contributed by atoms with van der Waals surface area (Å²) in [5.74, 6) is -0.488. The molecule has 1 N–H and O–H groups in total. The van der Waals surface area contributed by atoms with Crippen molar-refractivity contribution in [3.05, 3.63) is 46.1 Å². The average molecular weight is 386 g/mol. The summed E-state index contributed by atoms with van der Waals surface area (Å²) in [6.45, 7) is 1.54. The Balaban J connectivity index is 1.41. The van der Waals surface area contributed by atoms with Crippen molar-refractivity contribution in [2.75, 3.05) is 13.2 Å². The molecule has 1 atom stereocenters. The van der Waals surface area contributed by atoms with Crippen LogP contribution in [0.5, 0.6) is 11.8 Å². The highest BCUT2D eigenvalue weighted by Gasteiger charge is 2.31. The first-order chi connectivity index (χ1) is 12.8. The van der Waals surface area contributed by atoms with E-state index >= 15 is 0 Å². The standard InChI is InChI=1S/C16H17F3N4O4/c17-16(18,19)27-13-5-3-11(4-6-13)2-1-7-20-12-8-22-9-14(23(24)25)21-15(22)26-10-12/h3-6,9,12,20H,1-2,7-8,10H2/t12-/m0/s1. The van der Waals surface area contributed by atoms with Crippen LogP contribution in [0.25, 0.3) is 0 Å². The van der Waals surface area contributed by atoms with E-state index in [1.807, 2.05) is 0 Å². The molecule has 3 rings (SSSR count). The van der Waals surface area contributed by atoms with Crippen LogP contribution in [0.3, 0.4) is 0 Å². The number of hydrogen-bond acceptors (Lipinski definition) is 6. The number of nitrogens with zero attached hydrogens (tertiary/aromatic N) is 3. The van der Waals surface area contributed by atoms with E-state index < -0.39 is 11.3 Å². The lowest BCUT2D eigenvalue weighted by Crippen LogP contribution is -2.42. The fourth-order valence-corrected chi connectivity index (χ4v) is 2.76. The van der Waals surface area contributed by atoms with Crippen molar-refractivity contribution in [2.45, 2.75) is 31.8 Å². The average Bonchev–Trinajstić information content (AvgIpc) is 3.02. The third-order valence-electron chi connectivity index (χ3n) is 3.98. The van der Waals surface area contributed by atoms with Gasteiger partial charge in [0.2, 0.25) is 0 Å². The van der Waals surface area contributed by atoms with E-state index in [4.69, 9.17) is 4.74 Å². The Bertz CT molecular complexity index is 792. The molecule has 0 fully saturated rings. The molecule has 0 amide bonds. The molecule has 0 saturated carbocycles. The van der Waals surface area contributed by atoms with Gasteiger partial charge >= 0.3 is 18.2 Å². The first-order valence-electron chi connectivity index (χ1n) is 8.22. The van der Waals surface area contributed by atoms with E-state index in [9.17, 15) is 23.3 Å². The maximum Gasteiger partial charge on any atom is 0.573 e. The maximum atomic E-state index is 12.1. The molecule has 1 aliphatic heterocycles. The van der Waals surface area contributed by atoms with E-state index in [0.717, 1.165) is 12.0 Å². The molecular weight excluding hydrogens is 369 g/mol. The summed E-state index contributed by atoms with van der Waals surface area (Å²) >= 11 is 0. The van der Waals surface area contributed by atoms with E-state index in [1.165, 1.54) is 18.3 Å². The number of benzene rings is 1. The molecule has 1 aliphatic rings. The van der Waals surface area contributed by atoms with Gasteiger partial charge in [0.1, 0.15) is 18.6 Å². The molecular formula is C16H17F3N4O4. The highest BCUT2D eigenvalue weighted by Crippen LogP contribution is 2.23. The van der Waals surface area contributed by atoms with Crippen molar-refractivity contribution in [3.8, 4) is 11.8 Å². The summed E-state index contributed by atoms with van der Waals surface area (Å²) in [5.41, 5.74) is 0.902. The molecule has 2 aromatic rings. The van der Waals surface area contributed by atoms with Gasteiger partial charge in [-0.25, -0.2) is 0 Å². The molecule has 146 valence electrons. The van der Waals surface area contributed by atoms with Crippen LogP contribution in [0.15, 0.2) is 30.5 Å². The van der Waals surface area contributed by atoms with Gasteiger partial charge in [-0.15, -0.1) is 13.2 Å². The molecule has 1 aromatic carbocycles. The first-order valence-corrected chi connectivity index (χ1v) is 8.22. The van der Waals surface area contributed by atoms with Gasteiger partial charge in [-0.1, -0.05) is 12.1 Å². The van der Waals surface area contributed by atoms with Crippen molar-refractivity contribution in [3.63, 3.8) is 0 Å². The van der Waals surface area contributed by atoms with Crippen molar-refractivity contribution < 1.29 is 27.6 Å². The normalized spacial score (nSPS) is 16.5. The number of fused-ring (bicyclic) bond motifs is 1. The lowest BCUT2D eigenvalue weighted by molar-refractivity contribution is -0.389. The number of rotatable bonds is 7. The summed E-state index contributed by atoms with van der Waals surface area (Å²) in [6.07, 6.45) is -1.89. The van der Waals surface area contributed by atoms with E-state index in [2.05, 4.69) is 15.0 Å². The van der Waals surface area contributed by atoms with Crippen molar-refractivity contribution in [1.29, 1.82) is 0 Å². The molecule has 0 bridgehead atoms. The van der Waals surface area contributed by atoms with Crippen LogP contribution in [0.4, 0.5) is 19.0 Å². The Morgan fingerprint density at radius 1 is 1.37 bits per heavy atom. The largest absolute Gasteiger partial charge is 0.573 e. The van der Waals surface area contributed by atoms with Crippen LogP contribution in [0.1, 0.15) is 12.0 Å². The number of hydrogen-bond donors (Lipinski definition) is 1. The molecule has 1 aromatic heterocycles. The van der Waals surface area contributed by atoms with Crippen molar-refractivity contribution in [2.24, 2.45) is 0 Å². The Hall–Kier alpha value is -2.82. The number of halogens is 3. The molecule has 11 heteroatoms. The van der Waals surface area contributed by atoms with Crippen LogP contribution in [-0.2, 0) is 13.0 Å². The van der Waals surface area contributed by atoms with E-state index in [0.29, 0.717) is 26.1 Å². The lowest BCUT2D eigenvalue weighted by Gasteiger charge is -2.23. The van der Waals surface area contributed by atoms with Gasteiger partial charge in [-0.2, -0.15) is 0 Å². The second-order valence-electron chi connectivity index (χ2n) is 6.05. The molecule has 8 nitrogen and oxygen atoms in total. The SMILES string of the molecule is O=[N+]([O-])c1cn2c(n1)OC[C@@H](NCCCc1ccc(OC(F)(F)F)cc1)C2. The second kappa shape index (κ2) is 7.82. The summed E-state index contributed by atoms with van der Waals surface area (Å²) in [5, 5.41) is 14.0. The molecule has 0 radical (unpaired) electrons. The topological polar surface area (TPSA) is 91.5 Å². The zero-order valence-corrected chi connectivity index (χ0v) is 14.1. The monoisotopic (exact) mass is 386 g/mol. The van der Waals surface area contributed by atoms with Gasteiger partial charge < -0.3 is 24.9 Å². The Kier molecular flexibility index (Phi) is 5.49. The quantitative estimate of drug-likeness (QED) is 0.447. The molecule has 0 spiro atoms. The fourth-order valence-electron chi connectivity index (χ4n) is 2.76. The number of alkyl halides is 3. The molecule has 27 heavy (non-hydrogen) atoms. The lowest BCUT2D eigenvalue weighted by atomic mass is 10.1. The molecule has 2 heterocycles. The van der Waals surface area contributed by atoms with Gasteiger partial charge in [-0.05, 0) is 42.0 Å². The fraction of sp³-hybridized carbons (Fsp3) is 0.438. The maximum absolute atomic E-state index is 12.1. The van der Waals surface area contributed by atoms with Crippen molar-refractivity contribution >= 4 is 5.82 Å². The smallest absolute Gasteiger partial charge is 0.444 e. The number of nitrogens with one attached hydrogen (secondary N) is 1. The van der Waals surface area contributed by atoms with E-state index in [-0.39, 0.29) is 23.6 Å². The highest BCUT2D eigenvalue weighted by atomic mass is 19.4.